The van der Waals surface area contributed by atoms with Crippen molar-refractivity contribution in [1.82, 2.24) is 4.90 Å². The Morgan fingerprint density at radius 3 is 2.68 bits per heavy atom. The molecule has 1 unspecified atom stereocenters. The molecule has 0 aliphatic carbocycles. The molecule has 1 aliphatic heterocycles. The Morgan fingerprint density at radius 1 is 1.25 bits per heavy atom. The summed E-state index contributed by atoms with van der Waals surface area (Å²) in [4.78, 5) is 26.4. The van der Waals surface area contributed by atoms with E-state index in [1.807, 2.05) is 0 Å². The minimum Gasteiger partial charge on any atom is -0.508 e. The average molecular weight is 389 g/mol. The summed E-state index contributed by atoms with van der Waals surface area (Å²) in [6.07, 6.45) is -0.155. The maximum Gasteiger partial charge on any atom is 0.306 e. The lowest BCUT2D eigenvalue weighted by molar-refractivity contribution is -0.140. The van der Waals surface area contributed by atoms with E-state index < -0.39 is 23.1 Å². The summed E-state index contributed by atoms with van der Waals surface area (Å²) in [6, 6.07) is 7.50. The maximum absolute atomic E-state index is 12.3. The third-order valence-corrected chi connectivity index (χ3v) is 4.67. The molecule has 28 heavy (non-hydrogen) atoms. The van der Waals surface area contributed by atoms with Crippen molar-refractivity contribution in [3.05, 3.63) is 57.6 Å². The quantitative estimate of drug-likeness (QED) is 0.717. The summed E-state index contributed by atoms with van der Waals surface area (Å²) in [5.74, 6) is -1.51. The van der Waals surface area contributed by atoms with Gasteiger partial charge in [0.25, 0.3) is 0 Å². The van der Waals surface area contributed by atoms with Gasteiger partial charge in [-0.25, -0.2) is 0 Å². The number of aromatic hydroxyl groups is 2. The van der Waals surface area contributed by atoms with Crippen molar-refractivity contribution in [1.29, 1.82) is 0 Å². The first-order valence-corrected chi connectivity index (χ1v) is 8.99. The van der Waals surface area contributed by atoms with Crippen LogP contribution in [0.15, 0.2) is 39.5 Å². The summed E-state index contributed by atoms with van der Waals surface area (Å²) in [6.45, 7) is 3.00. The number of ether oxygens (including phenoxy) is 2. The lowest BCUT2D eigenvalue weighted by atomic mass is 9.92. The van der Waals surface area contributed by atoms with Crippen molar-refractivity contribution < 1.29 is 28.9 Å². The van der Waals surface area contributed by atoms with Crippen LogP contribution in [0.3, 0.4) is 0 Å². The van der Waals surface area contributed by atoms with Gasteiger partial charge in [0.05, 0.1) is 39.2 Å². The highest BCUT2D eigenvalue weighted by atomic mass is 16.5. The van der Waals surface area contributed by atoms with Crippen molar-refractivity contribution in [2.45, 2.75) is 18.9 Å². The monoisotopic (exact) mass is 389 g/mol. The largest absolute Gasteiger partial charge is 0.508 e. The van der Waals surface area contributed by atoms with Crippen molar-refractivity contribution in [2.75, 3.05) is 33.4 Å². The Labute approximate surface area is 161 Å². The standard InChI is InChI=1S/C20H23NO7/c1-26-18(24)11-16(13-3-2-4-14(22)9-13)20-19(25)17(23)10-15(28-20)12-21-5-7-27-8-6-21/h2-4,9-10,16,22,25H,5-8,11-12H2,1H3. The molecule has 0 amide bonds. The second-order valence-electron chi connectivity index (χ2n) is 6.61. The molecule has 1 atom stereocenters. The zero-order valence-electron chi connectivity index (χ0n) is 15.6. The second kappa shape index (κ2) is 8.90. The van der Waals surface area contributed by atoms with E-state index in [9.17, 15) is 19.8 Å². The molecule has 2 aromatic rings. The molecule has 8 nitrogen and oxygen atoms in total. The Morgan fingerprint density at radius 2 is 2.00 bits per heavy atom. The molecule has 2 N–H and O–H groups in total. The predicted octanol–water partition coefficient (Wildman–Crippen LogP) is 1.58. The van der Waals surface area contributed by atoms with Gasteiger partial charge in [0.15, 0.2) is 5.76 Å². The van der Waals surface area contributed by atoms with Crippen LogP contribution in [0.4, 0.5) is 0 Å². The number of esters is 1. The van der Waals surface area contributed by atoms with Crippen molar-refractivity contribution in [2.24, 2.45) is 0 Å². The van der Waals surface area contributed by atoms with Gasteiger partial charge in [-0.15, -0.1) is 0 Å². The van der Waals surface area contributed by atoms with E-state index in [0.29, 0.717) is 44.2 Å². The highest BCUT2D eigenvalue weighted by Gasteiger charge is 2.27. The molecule has 1 aromatic heterocycles. The van der Waals surface area contributed by atoms with Gasteiger partial charge in [-0.2, -0.15) is 0 Å². The molecule has 1 aliphatic rings. The van der Waals surface area contributed by atoms with Crippen LogP contribution in [0.2, 0.25) is 0 Å². The van der Waals surface area contributed by atoms with Gasteiger partial charge in [0, 0.05) is 19.2 Å². The summed E-state index contributed by atoms with van der Waals surface area (Å²) in [7, 11) is 1.26. The molecule has 0 bridgehead atoms. The van der Waals surface area contributed by atoms with Crippen molar-refractivity contribution >= 4 is 5.97 Å². The van der Waals surface area contributed by atoms with Gasteiger partial charge >= 0.3 is 5.97 Å². The summed E-state index contributed by atoms with van der Waals surface area (Å²) in [5, 5.41) is 20.2. The number of hydrogen-bond acceptors (Lipinski definition) is 8. The van der Waals surface area contributed by atoms with Crippen LogP contribution in [-0.4, -0.2) is 54.5 Å². The Bertz CT molecular complexity index is 886. The normalized spacial score (nSPS) is 15.9. The van der Waals surface area contributed by atoms with E-state index in [2.05, 4.69) is 4.90 Å². The van der Waals surface area contributed by atoms with Gasteiger partial charge in [-0.05, 0) is 17.7 Å². The molecule has 0 spiro atoms. The van der Waals surface area contributed by atoms with Crippen LogP contribution < -0.4 is 5.43 Å². The predicted molar refractivity (Wildman–Crippen MR) is 99.3 cm³/mol. The van der Waals surface area contributed by atoms with Gasteiger partial charge in [-0.1, -0.05) is 12.1 Å². The Hall–Kier alpha value is -2.84. The van der Waals surface area contributed by atoms with Crippen LogP contribution >= 0.6 is 0 Å². The number of methoxy groups -OCH3 is 1. The number of benzene rings is 1. The summed E-state index contributed by atoms with van der Waals surface area (Å²) < 4.78 is 15.9. The Kier molecular flexibility index (Phi) is 6.33. The first-order valence-electron chi connectivity index (χ1n) is 8.99. The molecule has 2 heterocycles. The third-order valence-electron chi connectivity index (χ3n) is 4.67. The molecule has 0 saturated carbocycles. The summed E-state index contributed by atoms with van der Waals surface area (Å²) >= 11 is 0. The Balaban J connectivity index is 2.00. The van der Waals surface area contributed by atoms with Gasteiger partial charge in [0.1, 0.15) is 11.5 Å². The van der Waals surface area contributed by atoms with Crippen LogP contribution in [0.5, 0.6) is 11.5 Å². The van der Waals surface area contributed by atoms with Crippen LogP contribution in [0.25, 0.3) is 0 Å². The molecule has 1 saturated heterocycles. The first-order chi connectivity index (χ1) is 13.5. The van der Waals surface area contributed by atoms with Crippen LogP contribution in [0, 0.1) is 0 Å². The number of hydrogen-bond donors (Lipinski definition) is 2. The van der Waals surface area contributed by atoms with Crippen LogP contribution in [-0.2, 0) is 20.8 Å². The minimum atomic E-state index is -0.781. The lowest BCUT2D eigenvalue weighted by Crippen LogP contribution is -2.35. The van der Waals surface area contributed by atoms with E-state index >= 15 is 0 Å². The zero-order chi connectivity index (χ0) is 20.1. The molecule has 0 radical (unpaired) electrons. The van der Waals surface area contributed by atoms with E-state index in [0.717, 1.165) is 0 Å². The highest BCUT2D eigenvalue weighted by molar-refractivity contribution is 5.71. The third kappa shape index (κ3) is 4.71. The van der Waals surface area contributed by atoms with E-state index in [-0.39, 0.29) is 17.9 Å². The van der Waals surface area contributed by atoms with E-state index in [1.165, 1.54) is 25.3 Å². The maximum atomic E-state index is 12.3. The SMILES string of the molecule is COC(=O)CC(c1cccc(O)c1)c1oc(CN2CCOCC2)cc(=O)c1O. The number of carbonyl (C=O) groups excluding carboxylic acids is 1. The number of phenolic OH excluding ortho intramolecular Hbond substituents is 1. The fourth-order valence-electron chi connectivity index (χ4n) is 3.20. The first kappa shape index (κ1) is 19.9. The second-order valence-corrected chi connectivity index (χ2v) is 6.61. The molecule has 1 fully saturated rings. The molecule has 8 heteroatoms. The zero-order valence-corrected chi connectivity index (χ0v) is 15.6. The van der Waals surface area contributed by atoms with Gasteiger partial charge in [0.2, 0.25) is 11.2 Å². The fraction of sp³-hybridized carbons (Fsp3) is 0.400. The minimum absolute atomic E-state index is 0.00123. The van der Waals surface area contributed by atoms with Crippen molar-refractivity contribution in [3.8, 4) is 11.5 Å². The smallest absolute Gasteiger partial charge is 0.306 e. The number of phenols is 1. The van der Waals surface area contributed by atoms with E-state index in [4.69, 9.17) is 13.9 Å². The molecule has 150 valence electrons. The van der Waals surface area contributed by atoms with Crippen molar-refractivity contribution in [3.63, 3.8) is 0 Å². The summed E-state index contributed by atoms with van der Waals surface area (Å²) in [5.41, 5.74) is -0.0631. The van der Waals surface area contributed by atoms with Crippen LogP contribution in [0.1, 0.15) is 29.4 Å². The molecule has 1 aromatic carbocycles. The lowest BCUT2D eigenvalue weighted by Gasteiger charge is -2.26. The van der Waals surface area contributed by atoms with Gasteiger partial charge < -0.3 is 24.1 Å². The molecular formula is C20H23NO7. The van der Waals surface area contributed by atoms with Gasteiger partial charge in [-0.3, -0.25) is 14.5 Å². The van der Waals surface area contributed by atoms with E-state index in [1.54, 1.807) is 12.1 Å². The topological polar surface area (TPSA) is 109 Å². The fourth-order valence-corrected chi connectivity index (χ4v) is 3.20. The molecule has 3 rings (SSSR count). The number of nitrogens with zero attached hydrogens (tertiary/aromatic N) is 1. The number of morpholine rings is 1. The highest BCUT2D eigenvalue weighted by Crippen LogP contribution is 2.34. The number of carbonyl (C=O) groups is 1. The average Bonchev–Trinajstić information content (AvgIpc) is 2.69. The number of rotatable bonds is 6. The molecular weight excluding hydrogens is 366 g/mol.